The lowest BCUT2D eigenvalue weighted by Crippen LogP contribution is -2.23. The van der Waals surface area contributed by atoms with Crippen molar-refractivity contribution in [3.05, 3.63) is 42.4 Å². The molecule has 0 unspecified atom stereocenters. The van der Waals surface area contributed by atoms with Crippen LogP contribution in [0.5, 0.6) is 0 Å². The van der Waals surface area contributed by atoms with E-state index in [4.69, 9.17) is 10.2 Å². The van der Waals surface area contributed by atoms with E-state index in [1.807, 2.05) is 12.1 Å². The molecule has 0 aliphatic carbocycles. The lowest BCUT2D eigenvalue weighted by atomic mass is 10.2. The summed E-state index contributed by atoms with van der Waals surface area (Å²) in [5.41, 5.74) is 6.97. The van der Waals surface area contributed by atoms with Crippen LogP contribution in [-0.4, -0.2) is 21.5 Å². The van der Waals surface area contributed by atoms with Gasteiger partial charge >= 0.3 is 0 Å². The second kappa shape index (κ2) is 6.64. The standard InChI is InChI=1S/C14H19N3O3S/c1-2-17-21(18,19)12-5-6-13(15)14(10-12)16-8-7-11-4-3-9-20-11/h3-6,9-10,16-17H,2,7-8,15H2,1H3. The molecule has 0 saturated heterocycles. The Labute approximate surface area is 124 Å². The fourth-order valence-corrected chi connectivity index (χ4v) is 2.97. The van der Waals surface area contributed by atoms with Crippen molar-refractivity contribution in [1.29, 1.82) is 0 Å². The van der Waals surface area contributed by atoms with Gasteiger partial charge in [0.15, 0.2) is 0 Å². The second-order valence-corrected chi connectivity index (χ2v) is 6.27. The van der Waals surface area contributed by atoms with Crippen LogP contribution in [0.25, 0.3) is 0 Å². The summed E-state index contributed by atoms with van der Waals surface area (Å²) in [5, 5.41) is 3.13. The summed E-state index contributed by atoms with van der Waals surface area (Å²) >= 11 is 0. The Morgan fingerprint density at radius 2 is 2.10 bits per heavy atom. The highest BCUT2D eigenvalue weighted by molar-refractivity contribution is 7.89. The maximum atomic E-state index is 12.0. The molecule has 6 nitrogen and oxygen atoms in total. The van der Waals surface area contributed by atoms with Crippen LogP contribution < -0.4 is 15.8 Å². The number of hydrogen-bond donors (Lipinski definition) is 3. The fourth-order valence-electron chi connectivity index (χ4n) is 1.90. The number of rotatable bonds is 7. The maximum Gasteiger partial charge on any atom is 0.240 e. The van der Waals surface area contributed by atoms with Gasteiger partial charge in [-0.15, -0.1) is 0 Å². The number of nitrogen functional groups attached to an aromatic ring is 1. The molecule has 114 valence electrons. The van der Waals surface area contributed by atoms with Crippen LogP contribution in [0, 0.1) is 0 Å². The minimum absolute atomic E-state index is 0.194. The van der Waals surface area contributed by atoms with Crippen molar-refractivity contribution in [3.8, 4) is 0 Å². The molecule has 0 saturated carbocycles. The molecule has 1 aromatic carbocycles. The number of benzene rings is 1. The molecule has 7 heteroatoms. The Kier molecular flexibility index (Phi) is 4.87. The number of anilines is 2. The second-order valence-electron chi connectivity index (χ2n) is 4.51. The number of nitrogens with one attached hydrogen (secondary N) is 2. The van der Waals surface area contributed by atoms with Crippen molar-refractivity contribution in [3.63, 3.8) is 0 Å². The van der Waals surface area contributed by atoms with Crippen molar-refractivity contribution in [2.24, 2.45) is 0 Å². The van der Waals surface area contributed by atoms with Crippen LogP contribution in [0.1, 0.15) is 12.7 Å². The first-order chi connectivity index (χ1) is 10.0. The van der Waals surface area contributed by atoms with Crippen LogP contribution in [-0.2, 0) is 16.4 Å². The average molecular weight is 309 g/mol. The van der Waals surface area contributed by atoms with E-state index in [1.54, 1.807) is 19.3 Å². The molecule has 1 heterocycles. The lowest BCUT2D eigenvalue weighted by molar-refractivity contribution is 0.513. The van der Waals surface area contributed by atoms with Gasteiger partial charge in [-0.05, 0) is 30.3 Å². The zero-order chi connectivity index (χ0) is 15.3. The van der Waals surface area contributed by atoms with Gasteiger partial charge in [0.2, 0.25) is 10.0 Å². The topological polar surface area (TPSA) is 97.4 Å². The third-order valence-corrected chi connectivity index (χ3v) is 4.48. The summed E-state index contributed by atoms with van der Waals surface area (Å²) in [4.78, 5) is 0.194. The van der Waals surface area contributed by atoms with E-state index in [-0.39, 0.29) is 4.90 Å². The van der Waals surface area contributed by atoms with E-state index in [0.717, 1.165) is 5.76 Å². The highest BCUT2D eigenvalue weighted by atomic mass is 32.2. The highest BCUT2D eigenvalue weighted by Crippen LogP contribution is 2.22. The average Bonchev–Trinajstić information content (AvgIpc) is 2.94. The van der Waals surface area contributed by atoms with E-state index in [9.17, 15) is 8.42 Å². The Morgan fingerprint density at radius 1 is 1.29 bits per heavy atom. The third kappa shape index (κ3) is 3.99. The van der Waals surface area contributed by atoms with Gasteiger partial charge in [-0.1, -0.05) is 6.92 Å². The van der Waals surface area contributed by atoms with E-state index >= 15 is 0 Å². The molecule has 4 N–H and O–H groups in total. The molecule has 0 aliphatic heterocycles. The van der Waals surface area contributed by atoms with E-state index < -0.39 is 10.0 Å². The molecule has 1 aromatic heterocycles. The minimum Gasteiger partial charge on any atom is -0.469 e. The first kappa shape index (κ1) is 15.4. The lowest BCUT2D eigenvalue weighted by Gasteiger charge is -2.11. The fraction of sp³-hybridized carbons (Fsp3) is 0.286. The normalized spacial score (nSPS) is 11.5. The van der Waals surface area contributed by atoms with Crippen molar-refractivity contribution in [1.82, 2.24) is 4.72 Å². The molecule has 0 fully saturated rings. The SMILES string of the molecule is CCNS(=O)(=O)c1ccc(N)c(NCCc2ccco2)c1. The summed E-state index contributed by atoms with van der Waals surface area (Å²) in [6.07, 6.45) is 2.31. The zero-order valence-electron chi connectivity index (χ0n) is 11.8. The van der Waals surface area contributed by atoms with Crippen molar-refractivity contribution < 1.29 is 12.8 Å². The molecule has 2 aromatic rings. The predicted octanol–water partition coefficient (Wildman–Crippen LogP) is 1.81. The molecule has 0 amide bonds. The largest absolute Gasteiger partial charge is 0.469 e. The molecule has 0 aliphatic rings. The Bertz CT molecular complexity index is 681. The summed E-state index contributed by atoms with van der Waals surface area (Å²) < 4.78 is 31.6. The van der Waals surface area contributed by atoms with Crippen molar-refractivity contribution >= 4 is 21.4 Å². The molecule has 0 radical (unpaired) electrons. The van der Waals surface area contributed by atoms with Crippen LogP contribution in [0.3, 0.4) is 0 Å². The van der Waals surface area contributed by atoms with Crippen LogP contribution in [0.15, 0.2) is 45.9 Å². The first-order valence-electron chi connectivity index (χ1n) is 6.68. The molecule has 21 heavy (non-hydrogen) atoms. The Hall–Kier alpha value is -1.99. The summed E-state index contributed by atoms with van der Waals surface area (Å²) in [7, 11) is -3.48. The van der Waals surface area contributed by atoms with Crippen LogP contribution >= 0.6 is 0 Å². The predicted molar refractivity (Wildman–Crippen MR) is 82.6 cm³/mol. The molecule has 2 rings (SSSR count). The van der Waals surface area contributed by atoms with Gasteiger partial charge in [-0.3, -0.25) is 0 Å². The zero-order valence-corrected chi connectivity index (χ0v) is 12.6. The highest BCUT2D eigenvalue weighted by Gasteiger charge is 2.14. The van der Waals surface area contributed by atoms with E-state index in [2.05, 4.69) is 10.0 Å². The third-order valence-electron chi connectivity index (χ3n) is 2.94. The van der Waals surface area contributed by atoms with Gasteiger partial charge < -0.3 is 15.5 Å². The van der Waals surface area contributed by atoms with E-state index in [0.29, 0.717) is 30.9 Å². The number of sulfonamides is 1. The molecule has 0 atom stereocenters. The summed E-state index contributed by atoms with van der Waals surface area (Å²) in [6, 6.07) is 8.32. The van der Waals surface area contributed by atoms with Gasteiger partial charge in [-0.2, -0.15) is 0 Å². The van der Waals surface area contributed by atoms with Gasteiger partial charge in [-0.25, -0.2) is 13.1 Å². The van der Waals surface area contributed by atoms with Crippen molar-refractivity contribution in [2.75, 3.05) is 24.1 Å². The smallest absolute Gasteiger partial charge is 0.240 e. The molecule has 0 bridgehead atoms. The summed E-state index contributed by atoms with van der Waals surface area (Å²) in [6.45, 7) is 2.67. The Balaban J connectivity index is 2.08. The first-order valence-corrected chi connectivity index (χ1v) is 8.16. The van der Waals surface area contributed by atoms with Gasteiger partial charge in [0.25, 0.3) is 0 Å². The van der Waals surface area contributed by atoms with Crippen LogP contribution in [0.4, 0.5) is 11.4 Å². The van der Waals surface area contributed by atoms with Gasteiger partial charge in [0, 0.05) is 19.5 Å². The minimum atomic E-state index is -3.48. The monoisotopic (exact) mass is 309 g/mol. The molecular formula is C14H19N3O3S. The van der Waals surface area contributed by atoms with Crippen LogP contribution in [0.2, 0.25) is 0 Å². The number of hydrogen-bond acceptors (Lipinski definition) is 5. The molecule has 0 spiro atoms. The quantitative estimate of drug-likeness (QED) is 0.678. The molecular weight excluding hydrogens is 290 g/mol. The van der Waals surface area contributed by atoms with Gasteiger partial charge in [0.1, 0.15) is 5.76 Å². The van der Waals surface area contributed by atoms with Gasteiger partial charge in [0.05, 0.1) is 22.5 Å². The number of furan rings is 1. The van der Waals surface area contributed by atoms with Crippen molar-refractivity contribution in [2.45, 2.75) is 18.2 Å². The van der Waals surface area contributed by atoms with E-state index in [1.165, 1.54) is 12.1 Å². The number of nitrogens with two attached hydrogens (primary N) is 1. The summed E-state index contributed by atoms with van der Waals surface area (Å²) in [5.74, 6) is 0.859. The Morgan fingerprint density at radius 3 is 2.76 bits per heavy atom. The maximum absolute atomic E-state index is 12.0.